The van der Waals surface area contributed by atoms with Crippen molar-refractivity contribution in [1.29, 1.82) is 0 Å². The number of nitrogens with two attached hydrogens (primary N) is 1. The maximum absolute atomic E-state index is 12.3. The number of rotatable bonds is 3. The van der Waals surface area contributed by atoms with Gasteiger partial charge in [0, 0.05) is 29.8 Å². The average molecular weight is 342 g/mol. The minimum absolute atomic E-state index is 0.287. The molecule has 3 aromatic rings. The maximum atomic E-state index is 12.3. The minimum atomic E-state index is -0.428. The molecule has 0 radical (unpaired) electrons. The second-order valence-electron chi connectivity index (χ2n) is 6.28. The van der Waals surface area contributed by atoms with Gasteiger partial charge < -0.3 is 5.73 Å². The van der Waals surface area contributed by atoms with Gasteiger partial charge in [-0.1, -0.05) is 49.1 Å². The highest BCUT2D eigenvalue weighted by Crippen LogP contribution is 2.42. The third-order valence-corrected chi connectivity index (χ3v) is 4.90. The Morgan fingerprint density at radius 3 is 2.54 bits per heavy atom. The van der Waals surface area contributed by atoms with Gasteiger partial charge in [-0.05, 0) is 29.3 Å². The second kappa shape index (κ2) is 6.11. The average Bonchev–Trinajstić information content (AvgIpc) is 3.04. The van der Waals surface area contributed by atoms with Crippen LogP contribution in [-0.2, 0) is 11.8 Å². The van der Waals surface area contributed by atoms with Crippen molar-refractivity contribution >= 4 is 17.8 Å². The van der Waals surface area contributed by atoms with Gasteiger partial charge in [0.05, 0.1) is 5.69 Å². The highest BCUT2D eigenvalue weighted by atomic mass is 16.2. The van der Waals surface area contributed by atoms with E-state index in [1.165, 1.54) is 10.8 Å². The van der Waals surface area contributed by atoms with Crippen LogP contribution in [0.4, 0.5) is 5.82 Å². The molecular weight excluding hydrogens is 324 g/mol. The lowest BCUT2D eigenvalue weighted by atomic mass is 9.69. The highest BCUT2D eigenvalue weighted by molar-refractivity contribution is 5.90. The highest BCUT2D eigenvalue weighted by Gasteiger charge is 2.37. The Morgan fingerprint density at radius 1 is 1.15 bits per heavy atom. The van der Waals surface area contributed by atoms with Crippen LogP contribution in [0.1, 0.15) is 27.2 Å². The molecule has 0 fully saturated rings. The maximum Gasteiger partial charge on any atom is 0.270 e. The van der Waals surface area contributed by atoms with Gasteiger partial charge in [-0.2, -0.15) is 4.68 Å². The van der Waals surface area contributed by atoms with Crippen LogP contribution < -0.4 is 5.73 Å². The summed E-state index contributed by atoms with van der Waals surface area (Å²) in [4.78, 5) is 16.4. The first-order chi connectivity index (χ1) is 12.7. The third kappa shape index (κ3) is 2.37. The molecule has 2 heterocycles. The number of hydrogen-bond donors (Lipinski definition) is 1. The van der Waals surface area contributed by atoms with E-state index >= 15 is 0 Å². The van der Waals surface area contributed by atoms with Gasteiger partial charge >= 0.3 is 0 Å². The third-order valence-electron chi connectivity index (χ3n) is 4.90. The molecule has 0 spiro atoms. The Labute approximate surface area is 151 Å². The number of hydrogen-bond acceptors (Lipinski definition) is 4. The van der Waals surface area contributed by atoms with Crippen molar-refractivity contribution in [3.05, 3.63) is 96.0 Å². The first-order valence-corrected chi connectivity index (χ1v) is 8.35. The molecule has 1 aliphatic carbocycles. The van der Waals surface area contributed by atoms with Crippen LogP contribution in [0.5, 0.6) is 0 Å². The molecule has 1 unspecified atom stereocenters. The number of allylic oxidation sites excluding steroid dienone is 2. The first kappa shape index (κ1) is 16.0. The summed E-state index contributed by atoms with van der Waals surface area (Å²) >= 11 is 0. The molecular formula is C21H18N4O. The van der Waals surface area contributed by atoms with Crippen LogP contribution in [-0.4, -0.2) is 20.7 Å². The molecule has 128 valence electrons. The largest absolute Gasteiger partial charge is 0.382 e. The van der Waals surface area contributed by atoms with Crippen molar-refractivity contribution in [3.8, 4) is 0 Å². The number of pyridine rings is 1. The van der Waals surface area contributed by atoms with Crippen molar-refractivity contribution in [2.75, 3.05) is 5.73 Å². The number of nitrogen functional groups attached to an aromatic ring is 1. The molecule has 0 bridgehead atoms. The van der Waals surface area contributed by atoms with Crippen molar-refractivity contribution in [1.82, 2.24) is 14.8 Å². The second-order valence-corrected chi connectivity index (χ2v) is 6.28. The molecule has 26 heavy (non-hydrogen) atoms. The monoisotopic (exact) mass is 342 g/mol. The summed E-state index contributed by atoms with van der Waals surface area (Å²) in [6, 6.07) is 14.2. The summed E-state index contributed by atoms with van der Waals surface area (Å²) in [5.41, 5.74) is 9.42. The van der Waals surface area contributed by atoms with Gasteiger partial charge in [0.15, 0.2) is 5.82 Å². The summed E-state index contributed by atoms with van der Waals surface area (Å²) in [6.45, 7) is 3.57. The zero-order chi connectivity index (χ0) is 18.1. The molecule has 1 atom stereocenters. The number of carbonyl (C=O) groups excluding carboxylic acids is 1. The Balaban J connectivity index is 1.95. The normalized spacial score (nSPS) is 18.3. The molecule has 1 aromatic carbocycles. The van der Waals surface area contributed by atoms with Crippen LogP contribution in [0, 0.1) is 0 Å². The molecule has 5 nitrogen and oxygen atoms in total. The van der Waals surface area contributed by atoms with Gasteiger partial charge in [0.1, 0.15) is 0 Å². The number of anilines is 1. The first-order valence-electron chi connectivity index (χ1n) is 8.35. The van der Waals surface area contributed by atoms with E-state index < -0.39 is 5.41 Å². The van der Waals surface area contributed by atoms with E-state index in [0.717, 1.165) is 22.4 Å². The van der Waals surface area contributed by atoms with Crippen LogP contribution >= 0.6 is 0 Å². The summed E-state index contributed by atoms with van der Waals surface area (Å²) in [7, 11) is 0. The van der Waals surface area contributed by atoms with Gasteiger partial charge in [0.2, 0.25) is 0 Å². The van der Waals surface area contributed by atoms with E-state index in [1.807, 2.05) is 36.4 Å². The molecule has 1 aliphatic rings. The van der Waals surface area contributed by atoms with Gasteiger partial charge in [-0.15, -0.1) is 5.10 Å². The Kier molecular flexibility index (Phi) is 3.77. The molecule has 5 heteroatoms. The van der Waals surface area contributed by atoms with Crippen LogP contribution in [0.25, 0.3) is 6.08 Å². The molecule has 2 N–H and O–H groups in total. The standard InChI is InChI=1S/C21H18N4O/c1-2-19(26)25-18-14-21(15-6-4-3-5-7-15,16-9-12-23-13-10-16)11-8-17(18)20(22)24-25/h2-13H,1,14H2,(H2,22,24). The van der Waals surface area contributed by atoms with Crippen LogP contribution in [0.15, 0.2) is 73.6 Å². The zero-order valence-electron chi connectivity index (χ0n) is 14.2. The lowest BCUT2D eigenvalue weighted by Gasteiger charge is -2.34. The molecule has 0 amide bonds. The number of nitrogens with zero attached hydrogens (tertiary/aromatic N) is 3. The Morgan fingerprint density at radius 2 is 1.85 bits per heavy atom. The fourth-order valence-electron chi connectivity index (χ4n) is 3.60. The molecule has 2 aromatic heterocycles. The fourth-order valence-corrected chi connectivity index (χ4v) is 3.60. The smallest absolute Gasteiger partial charge is 0.270 e. The van der Waals surface area contributed by atoms with E-state index in [1.54, 1.807) is 12.4 Å². The number of benzene rings is 1. The lowest BCUT2D eigenvalue weighted by Crippen LogP contribution is -2.32. The number of carbonyl (C=O) groups is 1. The topological polar surface area (TPSA) is 73.8 Å². The van der Waals surface area contributed by atoms with Crippen molar-refractivity contribution in [3.63, 3.8) is 0 Å². The van der Waals surface area contributed by atoms with E-state index in [0.29, 0.717) is 12.2 Å². The van der Waals surface area contributed by atoms with E-state index in [9.17, 15) is 4.79 Å². The molecule has 4 rings (SSSR count). The minimum Gasteiger partial charge on any atom is -0.382 e. The Bertz CT molecular complexity index is 964. The van der Waals surface area contributed by atoms with E-state index in [-0.39, 0.29) is 5.91 Å². The fraction of sp³-hybridized carbons (Fsp3) is 0.0952. The quantitative estimate of drug-likeness (QED) is 0.742. The number of aromatic nitrogens is 3. The zero-order valence-corrected chi connectivity index (χ0v) is 14.2. The predicted molar refractivity (Wildman–Crippen MR) is 102 cm³/mol. The summed E-state index contributed by atoms with van der Waals surface area (Å²) in [5.74, 6) is 0.0628. The van der Waals surface area contributed by atoms with Crippen molar-refractivity contribution < 1.29 is 4.79 Å². The molecule has 0 saturated heterocycles. The van der Waals surface area contributed by atoms with E-state index in [2.05, 4.69) is 34.9 Å². The number of fused-ring (bicyclic) bond motifs is 1. The van der Waals surface area contributed by atoms with Crippen molar-refractivity contribution in [2.24, 2.45) is 0 Å². The summed E-state index contributed by atoms with van der Waals surface area (Å²) in [5, 5.41) is 4.23. The summed E-state index contributed by atoms with van der Waals surface area (Å²) < 4.78 is 1.36. The SMILES string of the molecule is C=CC(=O)n1nc(N)c2c1CC(c1ccccc1)(c1ccncc1)C=C2. The Hall–Kier alpha value is -3.47. The van der Waals surface area contributed by atoms with Gasteiger partial charge in [-0.25, -0.2) is 0 Å². The lowest BCUT2D eigenvalue weighted by molar-refractivity contribution is 0.0950. The molecule has 0 aliphatic heterocycles. The van der Waals surface area contributed by atoms with E-state index in [4.69, 9.17) is 5.73 Å². The predicted octanol–water partition coefficient (Wildman–Crippen LogP) is 3.24. The summed E-state index contributed by atoms with van der Waals surface area (Å²) in [6.07, 6.45) is 9.48. The molecule has 0 saturated carbocycles. The van der Waals surface area contributed by atoms with Gasteiger partial charge in [-0.3, -0.25) is 9.78 Å². The van der Waals surface area contributed by atoms with Crippen LogP contribution in [0.2, 0.25) is 0 Å². The van der Waals surface area contributed by atoms with Crippen LogP contribution in [0.3, 0.4) is 0 Å². The van der Waals surface area contributed by atoms with Crippen molar-refractivity contribution in [2.45, 2.75) is 11.8 Å². The van der Waals surface area contributed by atoms with Gasteiger partial charge in [0.25, 0.3) is 5.91 Å².